The van der Waals surface area contributed by atoms with Gasteiger partial charge in [-0.2, -0.15) is 9.71 Å². The lowest BCUT2D eigenvalue weighted by Crippen LogP contribution is -2.36. The maximum atomic E-state index is 12.5. The van der Waals surface area contributed by atoms with Crippen LogP contribution in [0.3, 0.4) is 0 Å². The van der Waals surface area contributed by atoms with Gasteiger partial charge >= 0.3 is 0 Å². The van der Waals surface area contributed by atoms with Crippen molar-refractivity contribution >= 4 is 40.2 Å². The van der Waals surface area contributed by atoms with Gasteiger partial charge in [-0.1, -0.05) is 11.6 Å². The van der Waals surface area contributed by atoms with Gasteiger partial charge in [-0.25, -0.2) is 4.98 Å². The molecule has 0 atom stereocenters. The van der Waals surface area contributed by atoms with Gasteiger partial charge < -0.3 is 20.2 Å². The molecule has 0 unspecified atom stereocenters. The molecule has 9 heteroatoms. The summed E-state index contributed by atoms with van der Waals surface area (Å²) in [4.78, 5) is 8.13. The van der Waals surface area contributed by atoms with Crippen LogP contribution in [0.5, 0.6) is 5.75 Å². The number of methoxy groups -OCH3 is 1. The van der Waals surface area contributed by atoms with Crippen LogP contribution >= 0.6 is 23.2 Å². The molecule has 0 spiro atoms. The number of rotatable bonds is 3. The number of nitrogens with two attached hydrogens (primary N) is 1. The maximum Gasteiger partial charge on any atom is 0.293 e. The van der Waals surface area contributed by atoms with Gasteiger partial charge in [0.15, 0.2) is 0 Å². The first-order valence-corrected chi connectivity index (χ1v) is 7.83. The van der Waals surface area contributed by atoms with E-state index in [0.29, 0.717) is 38.3 Å². The van der Waals surface area contributed by atoms with Crippen molar-refractivity contribution in [1.82, 2.24) is 14.5 Å². The molecule has 3 aromatic rings. The van der Waals surface area contributed by atoms with E-state index in [-0.39, 0.29) is 22.8 Å². The van der Waals surface area contributed by atoms with Crippen LogP contribution in [0.1, 0.15) is 16.8 Å². The summed E-state index contributed by atoms with van der Waals surface area (Å²) in [6, 6.07) is 1.77. The van der Waals surface area contributed by atoms with Gasteiger partial charge in [-0.15, -0.1) is 0 Å². The van der Waals surface area contributed by atoms with Crippen LogP contribution in [0, 0.1) is 19.1 Å². The second-order valence-electron chi connectivity index (χ2n) is 5.37. The normalized spacial score (nSPS) is 11.2. The van der Waals surface area contributed by atoms with Gasteiger partial charge in [-0.3, -0.25) is 0 Å². The standard InChI is InChI=1S/C15H15Cl2N5O2/c1-7-10(22(23)13(17)8(2)11(7)24-3)6-21-5-4-9-12(16)19-15(18)20-14(9)21/h4-5H,6H2,1-3H3,(H2,18,19,20). The minimum Gasteiger partial charge on any atom is -0.617 e. The van der Waals surface area contributed by atoms with Crippen LogP contribution in [-0.2, 0) is 6.54 Å². The maximum absolute atomic E-state index is 12.5. The van der Waals surface area contributed by atoms with Crippen LogP contribution in [0.2, 0.25) is 10.3 Å². The molecule has 0 fully saturated rings. The first kappa shape index (κ1) is 16.6. The van der Waals surface area contributed by atoms with Gasteiger partial charge in [0.2, 0.25) is 11.6 Å². The topological polar surface area (TPSA) is 92.9 Å². The molecule has 126 valence electrons. The number of pyridine rings is 1. The van der Waals surface area contributed by atoms with Crippen molar-refractivity contribution in [3.63, 3.8) is 0 Å². The highest BCUT2D eigenvalue weighted by Crippen LogP contribution is 2.30. The second-order valence-corrected chi connectivity index (χ2v) is 6.08. The molecule has 3 aromatic heterocycles. The highest BCUT2D eigenvalue weighted by Gasteiger charge is 2.24. The summed E-state index contributed by atoms with van der Waals surface area (Å²) in [5.41, 5.74) is 7.98. The number of ether oxygens (including phenoxy) is 1. The van der Waals surface area contributed by atoms with Crippen molar-refractivity contribution in [2.45, 2.75) is 20.4 Å². The summed E-state index contributed by atoms with van der Waals surface area (Å²) in [5.74, 6) is 0.657. The highest BCUT2D eigenvalue weighted by atomic mass is 35.5. The Morgan fingerprint density at radius 1 is 1.29 bits per heavy atom. The van der Waals surface area contributed by atoms with Gasteiger partial charge in [0, 0.05) is 6.20 Å². The molecule has 0 aliphatic carbocycles. The number of nitrogens with zero attached hydrogens (tertiary/aromatic N) is 4. The van der Waals surface area contributed by atoms with Crippen LogP contribution in [0.4, 0.5) is 5.95 Å². The molecule has 0 radical (unpaired) electrons. The molecular weight excluding hydrogens is 353 g/mol. The minimum atomic E-state index is 0.0682. The SMILES string of the molecule is COc1c(C)c(Cl)[n+]([O-])c(Cn2ccc3c(Cl)nc(N)nc32)c1C. The first-order valence-electron chi connectivity index (χ1n) is 7.08. The quantitative estimate of drug-likeness (QED) is 0.332. The molecule has 0 saturated heterocycles. The molecule has 0 amide bonds. The number of aromatic nitrogens is 4. The van der Waals surface area contributed by atoms with E-state index >= 15 is 0 Å². The van der Waals surface area contributed by atoms with E-state index in [1.54, 1.807) is 30.9 Å². The second kappa shape index (κ2) is 5.99. The van der Waals surface area contributed by atoms with Gasteiger partial charge in [0.05, 0.1) is 23.6 Å². The van der Waals surface area contributed by atoms with Gasteiger partial charge in [0.25, 0.3) is 5.15 Å². The van der Waals surface area contributed by atoms with Gasteiger partial charge in [-0.05, 0) is 31.5 Å². The fourth-order valence-electron chi connectivity index (χ4n) is 2.75. The largest absolute Gasteiger partial charge is 0.617 e. The zero-order valence-corrected chi connectivity index (χ0v) is 14.8. The van der Waals surface area contributed by atoms with Crippen molar-refractivity contribution in [1.29, 1.82) is 0 Å². The predicted molar refractivity (Wildman–Crippen MR) is 92.5 cm³/mol. The third-order valence-corrected chi connectivity index (χ3v) is 4.69. The molecular formula is C15H15Cl2N5O2. The predicted octanol–water partition coefficient (Wildman–Crippen LogP) is 2.63. The number of hydrogen-bond donors (Lipinski definition) is 1. The Labute approximate surface area is 148 Å². The molecule has 0 aromatic carbocycles. The molecule has 2 N–H and O–H groups in total. The van der Waals surface area contributed by atoms with Crippen molar-refractivity contribution < 1.29 is 9.47 Å². The fraction of sp³-hybridized carbons (Fsp3) is 0.267. The van der Waals surface area contributed by atoms with E-state index in [1.807, 2.05) is 6.92 Å². The first-order chi connectivity index (χ1) is 11.3. The Morgan fingerprint density at radius 3 is 2.67 bits per heavy atom. The van der Waals surface area contributed by atoms with Crippen LogP contribution in [0.25, 0.3) is 11.0 Å². The lowest BCUT2D eigenvalue weighted by molar-refractivity contribution is -0.612. The Morgan fingerprint density at radius 2 is 2.00 bits per heavy atom. The molecule has 0 bridgehead atoms. The summed E-state index contributed by atoms with van der Waals surface area (Å²) in [5, 5.41) is 13.5. The summed E-state index contributed by atoms with van der Waals surface area (Å²) >= 11 is 12.2. The minimum absolute atomic E-state index is 0.0682. The Kier molecular flexibility index (Phi) is 4.15. The van der Waals surface area contributed by atoms with E-state index in [1.165, 1.54) is 0 Å². The summed E-state index contributed by atoms with van der Waals surface area (Å²) in [6.45, 7) is 3.79. The number of halogens is 2. The summed E-state index contributed by atoms with van der Waals surface area (Å²) < 4.78 is 7.85. The molecule has 3 rings (SSSR count). The van der Waals surface area contributed by atoms with E-state index in [9.17, 15) is 5.21 Å². The van der Waals surface area contributed by atoms with Gasteiger partial charge in [0.1, 0.15) is 23.1 Å². The Balaban J connectivity index is 2.18. The number of nitrogen functional groups attached to an aromatic ring is 1. The molecule has 24 heavy (non-hydrogen) atoms. The average Bonchev–Trinajstić information content (AvgIpc) is 2.93. The smallest absolute Gasteiger partial charge is 0.293 e. The zero-order valence-electron chi connectivity index (χ0n) is 13.3. The van der Waals surface area contributed by atoms with Crippen LogP contribution < -0.4 is 15.2 Å². The van der Waals surface area contributed by atoms with E-state index in [0.717, 1.165) is 0 Å². The fourth-order valence-corrected chi connectivity index (χ4v) is 3.17. The number of anilines is 1. The molecule has 0 aliphatic rings. The van der Waals surface area contributed by atoms with Crippen molar-refractivity contribution in [2.24, 2.45) is 0 Å². The highest BCUT2D eigenvalue weighted by molar-refractivity contribution is 6.34. The van der Waals surface area contributed by atoms with Crippen molar-refractivity contribution in [2.75, 3.05) is 12.8 Å². The number of hydrogen-bond acceptors (Lipinski definition) is 5. The molecule has 0 saturated carbocycles. The molecule has 0 aliphatic heterocycles. The number of fused-ring (bicyclic) bond motifs is 1. The van der Waals surface area contributed by atoms with Crippen LogP contribution in [0.15, 0.2) is 12.3 Å². The average molecular weight is 368 g/mol. The summed E-state index contributed by atoms with van der Waals surface area (Å²) in [7, 11) is 1.54. The van der Waals surface area contributed by atoms with E-state index in [2.05, 4.69) is 9.97 Å². The third kappa shape index (κ3) is 2.50. The Bertz CT molecular complexity index is 955. The lowest BCUT2D eigenvalue weighted by atomic mass is 10.1. The Hall–Kier alpha value is -2.25. The van der Waals surface area contributed by atoms with Crippen molar-refractivity contribution in [3.8, 4) is 5.75 Å². The lowest BCUT2D eigenvalue weighted by Gasteiger charge is -2.15. The summed E-state index contributed by atoms with van der Waals surface area (Å²) in [6.07, 6.45) is 1.77. The van der Waals surface area contributed by atoms with Crippen LogP contribution in [-0.4, -0.2) is 21.6 Å². The van der Waals surface area contributed by atoms with E-state index < -0.39 is 0 Å². The van der Waals surface area contributed by atoms with E-state index in [4.69, 9.17) is 33.7 Å². The molecule has 3 heterocycles. The molecule has 7 nitrogen and oxygen atoms in total. The third-order valence-electron chi connectivity index (χ3n) is 3.96. The zero-order chi connectivity index (χ0) is 17.6. The monoisotopic (exact) mass is 367 g/mol. The van der Waals surface area contributed by atoms with Crippen molar-refractivity contribution in [3.05, 3.63) is 44.6 Å².